The van der Waals surface area contributed by atoms with E-state index in [0.717, 1.165) is 37.2 Å². The zero-order chi connectivity index (χ0) is 20.8. The quantitative estimate of drug-likeness (QED) is 0.673. The van der Waals surface area contributed by atoms with E-state index in [-0.39, 0.29) is 17.9 Å². The zero-order valence-corrected chi connectivity index (χ0v) is 17.7. The van der Waals surface area contributed by atoms with E-state index in [1.165, 1.54) is 6.42 Å². The molecule has 0 spiro atoms. The van der Waals surface area contributed by atoms with E-state index < -0.39 is 5.38 Å². The summed E-state index contributed by atoms with van der Waals surface area (Å²) >= 11 is 5.87. The summed E-state index contributed by atoms with van der Waals surface area (Å²) in [7, 11) is 0. The minimum atomic E-state index is -0.646. The predicted octanol–water partition coefficient (Wildman–Crippen LogP) is 4.73. The third-order valence-corrected chi connectivity index (χ3v) is 5.41. The van der Waals surface area contributed by atoms with E-state index in [1.54, 1.807) is 13.0 Å². The Labute approximate surface area is 177 Å². The summed E-state index contributed by atoms with van der Waals surface area (Å²) in [6, 6.07) is 15.2. The maximum Gasteiger partial charge on any atom is 0.253 e. The Morgan fingerprint density at radius 2 is 1.69 bits per heavy atom. The maximum atomic E-state index is 13.2. The number of amides is 2. The van der Waals surface area contributed by atoms with Gasteiger partial charge in [0.1, 0.15) is 5.38 Å². The van der Waals surface area contributed by atoms with Crippen LogP contribution >= 0.6 is 11.6 Å². The molecule has 2 amide bonds. The van der Waals surface area contributed by atoms with Crippen molar-refractivity contribution in [3.8, 4) is 0 Å². The minimum Gasteiger partial charge on any atom is -0.371 e. The Morgan fingerprint density at radius 1 is 1.00 bits per heavy atom. The first-order valence-corrected chi connectivity index (χ1v) is 10.6. The van der Waals surface area contributed by atoms with Crippen LogP contribution in [0.4, 0.5) is 11.4 Å². The summed E-state index contributed by atoms with van der Waals surface area (Å²) in [5.41, 5.74) is 3.08. The van der Waals surface area contributed by atoms with E-state index in [0.29, 0.717) is 11.3 Å². The fourth-order valence-corrected chi connectivity index (χ4v) is 3.60. The van der Waals surface area contributed by atoms with Crippen molar-refractivity contribution >= 4 is 34.8 Å². The van der Waals surface area contributed by atoms with Gasteiger partial charge in [-0.15, -0.1) is 11.6 Å². The molecule has 2 atom stereocenters. The molecule has 0 saturated carbocycles. The molecule has 2 aromatic carbocycles. The predicted molar refractivity (Wildman–Crippen MR) is 119 cm³/mol. The third kappa shape index (κ3) is 5.51. The molecule has 2 unspecified atom stereocenters. The number of nitrogens with one attached hydrogen (secondary N) is 2. The first-order valence-electron chi connectivity index (χ1n) is 10.2. The maximum absolute atomic E-state index is 13.2. The summed E-state index contributed by atoms with van der Waals surface area (Å²) < 4.78 is 0. The number of benzene rings is 2. The van der Waals surface area contributed by atoms with Gasteiger partial charge in [-0.3, -0.25) is 9.59 Å². The highest BCUT2D eigenvalue weighted by atomic mass is 35.5. The molecular weight excluding hydrogens is 386 g/mol. The van der Waals surface area contributed by atoms with Crippen LogP contribution in [-0.4, -0.2) is 30.3 Å². The van der Waals surface area contributed by atoms with Crippen molar-refractivity contribution in [3.05, 3.63) is 59.7 Å². The first kappa shape index (κ1) is 21.2. The lowest BCUT2D eigenvalue weighted by atomic mass is 10.0. The second-order valence-electron chi connectivity index (χ2n) is 7.49. The van der Waals surface area contributed by atoms with Crippen LogP contribution in [0, 0.1) is 0 Å². The second-order valence-corrected chi connectivity index (χ2v) is 8.15. The second kappa shape index (κ2) is 9.79. The number of carbonyl (C=O) groups excluding carboxylic acids is 2. The van der Waals surface area contributed by atoms with Gasteiger partial charge >= 0.3 is 0 Å². The molecule has 154 valence electrons. The highest BCUT2D eigenvalue weighted by molar-refractivity contribution is 6.32. The summed E-state index contributed by atoms with van der Waals surface area (Å²) in [6.45, 7) is 5.45. The molecule has 0 aromatic heterocycles. The molecule has 3 rings (SSSR count). The number of hydrogen-bond acceptors (Lipinski definition) is 3. The largest absolute Gasteiger partial charge is 0.371 e. The van der Waals surface area contributed by atoms with Crippen molar-refractivity contribution in [2.24, 2.45) is 0 Å². The van der Waals surface area contributed by atoms with E-state index in [4.69, 9.17) is 11.6 Å². The molecule has 1 aliphatic heterocycles. The van der Waals surface area contributed by atoms with Crippen LogP contribution in [0.25, 0.3) is 0 Å². The SMILES string of the molecule is CC(Cl)C(=O)Nc1ccc(N2CCCCC2)c(C(=O)NC(C)c2ccccc2)c1. The molecule has 29 heavy (non-hydrogen) atoms. The van der Waals surface area contributed by atoms with E-state index in [9.17, 15) is 9.59 Å². The van der Waals surface area contributed by atoms with Crippen LogP contribution in [0.15, 0.2) is 48.5 Å². The summed E-state index contributed by atoms with van der Waals surface area (Å²) in [5.74, 6) is -0.446. The van der Waals surface area contributed by atoms with Crippen molar-refractivity contribution in [2.75, 3.05) is 23.3 Å². The standard InChI is InChI=1S/C23H28ClN3O2/c1-16(24)22(28)26-19-11-12-21(27-13-7-4-8-14-27)20(15-19)23(29)25-17(2)18-9-5-3-6-10-18/h3,5-6,9-12,15-17H,4,7-8,13-14H2,1-2H3,(H,25,29)(H,26,28). The van der Waals surface area contributed by atoms with Crippen molar-refractivity contribution in [2.45, 2.75) is 44.5 Å². The Balaban J connectivity index is 1.87. The smallest absolute Gasteiger partial charge is 0.253 e. The summed E-state index contributed by atoms with van der Waals surface area (Å²) in [5, 5.41) is 5.23. The van der Waals surface area contributed by atoms with Gasteiger partial charge in [0, 0.05) is 24.5 Å². The normalized spacial score (nSPS) is 16.0. The van der Waals surface area contributed by atoms with E-state index >= 15 is 0 Å². The average Bonchev–Trinajstić information content (AvgIpc) is 2.74. The van der Waals surface area contributed by atoms with Crippen LogP contribution in [0.3, 0.4) is 0 Å². The molecule has 6 heteroatoms. The van der Waals surface area contributed by atoms with Crippen molar-refractivity contribution in [1.29, 1.82) is 0 Å². The molecular formula is C23H28ClN3O2. The lowest BCUT2D eigenvalue weighted by molar-refractivity contribution is -0.115. The molecule has 5 nitrogen and oxygen atoms in total. The third-order valence-electron chi connectivity index (χ3n) is 5.21. The number of alkyl halides is 1. The molecule has 1 saturated heterocycles. The van der Waals surface area contributed by atoms with Gasteiger partial charge < -0.3 is 15.5 Å². The average molecular weight is 414 g/mol. The van der Waals surface area contributed by atoms with Gasteiger partial charge in [0.25, 0.3) is 5.91 Å². The molecule has 1 aliphatic rings. The lowest BCUT2D eigenvalue weighted by Crippen LogP contribution is -2.33. The van der Waals surface area contributed by atoms with Crippen LogP contribution in [-0.2, 0) is 4.79 Å². The van der Waals surface area contributed by atoms with Gasteiger partial charge in [-0.25, -0.2) is 0 Å². The molecule has 1 fully saturated rings. The minimum absolute atomic E-state index is 0.126. The van der Waals surface area contributed by atoms with Gasteiger partial charge in [-0.05, 0) is 56.9 Å². The van der Waals surface area contributed by atoms with E-state index in [1.807, 2.05) is 49.4 Å². The number of nitrogens with zero attached hydrogens (tertiary/aromatic N) is 1. The lowest BCUT2D eigenvalue weighted by Gasteiger charge is -2.31. The van der Waals surface area contributed by atoms with Crippen molar-refractivity contribution in [1.82, 2.24) is 5.32 Å². The van der Waals surface area contributed by atoms with Crippen LogP contribution < -0.4 is 15.5 Å². The Kier molecular flexibility index (Phi) is 7.15. The highest BCUT2D eigenvalue weighted by Crippen LogP contribution is 2.28. The number of rotatable bonds is 6. The zero-order valence-electron chi connectivity index (χ0n) is 17.0. The van der Waals surface area contributed by atoms with Crippen LogP contribution in [0.5, 0.6) is 0 Å². The number of anilines is 2. The molecule has 1 heterocycles. The van der Waals surface area contributed by atoms with Crippen LogP contribution in [0.2, 0.25) is 0 Å². The number of hydrogen-bond donors (Lipinski definition) is 2. The number of carbonyl (C=O) groups is 2. The first-order chi connectivity index (χ1) is 14.0. The summed E-state index contributed by atoms with van der Waals surface area (Å²) in [4.78, 5) is 27.4. The van der Waals surface area contributed by atoms with E-state index in [2.05, 4.69) is 15.5 Å². The number of halogens is 1. The van der Waals surface area contributed by atoms with Crippen molar-refractivity contribution < 1.29 is 9.59 Å². The highest BCUT2D eigenvalue weighted by Gasteiger charge is 2.21. The van der Waals surface area contributed by atoms with Crippen molar-refractivity contribution in [3.63, 3.8) is 0 Å². The number of piperidine rings is 1. The van der Waals surface area contributed by atoms with Gasteiger partial charge in [-0.2, -0.15) is 0 Å². The molecule has 2 N–H and O–H groups in total. The van der Waals surface area contributed by atoms with Gasteiger partial charge in [0.2, 0.25) is 5.91 Å². The Bertz CT molecular complexity index is 848. The van der Waals surface area contributed by atoms with Crippen LogP contribution in [0.1, 0.15) is 55.1 Å². The Hall–Kier alpha value is -2.53. The fourth-order valence-electron chi connectivity index (χ4n) is 3.55. The Morgan fingerprint density at radius 3 is 2.34 bits per heavy atom. The molecule has 2 aromatic rings. The van der Waals surface area contributed by atoms with Gasteiger partial charge in [0.05, 0.1) is 11.6 Å². The van der Waals surface area contributed by atoms with Gasteiger partial charge in [-0.1, -0.05) is 30.3 Å². The molecule has 0 radical (unpaired) electrons. The molecule has 0 bridgehead atoms. The fraction of sp³-hybridized carbons (Fsp3) is 0.391. The van der Waals surface area contributed by atoms with Gasteiger partial charge in [0.15, 0.2) is 0 Å². The molecule has 0 aliphatic carbocycles. The topological polar surface area (TPSA) is 61.4 Å². The monoisotopic (exact) mass is 413 g/mol. The summed E-state index contributed by atoms with van der Waals surface area (Å²) in [6.07, 6.45) is 3.44.